The van der Waals surface area contributed by atoms with Gasteiger partial charge in [-0.3, -0.25) is 19.2 Å². The monoisotopic (exact) mass is 812 g/mol. The van der Waals surface area contributed by atoms with Crippen LogP contribution in [-0.4, -0.2) is 80.9 Å². The standard InChI is InChI=1S/C46H56N2O11/c1-32(49)47-34-21-19-33(20-22-34)46(52)48-35-23-25-37(26-24-35)57-42(51)16-8-3-2-7-15-39-40(50)29-41(59-44-18-10-12-28-54-44)45(39)56-31-38(58-43-17-9-11-27-53-43)30-55-36-13-5-4-6-14-36/h2,4-7,13-14,19-26,38-39,41,43-45H,3,8-12,15-18,27-31H2,1H3,(H,47,49)(H,48,52)/b7-2-/t38?,39-,41+,43?,44?,45+/m0/s1. The third-order valence-electron chi connectivity index (χ3n) is 10.3. The smallest absolute Gasteiger partial charge is 0.311 e. The minimum Gasteiger partial charge on any atom is -0.491 e. The molecule has 3 unspecified atom stereocenters. The zero-order valence-corrected chi connectivity index (χ0v) is 33.7. The Bertz CT molecular complexity index is 1810. The number of hydrogen-bond acceptors (Lipinski definition) is 11. The Morgan fingerprint density at radius 3 is 2.19 bits per heavy atom. The number of ether oxygens (including phenoxy) is 7. The Hall–Kier alpha value is -4.92. The lowest BCUT2D eigenvalue weighted by Crippen LogP contribution is -2.40. The predicted molar refractivity (Wildman–Crippen MR) is 220 cm³/mol. The lowest BCUT2D eigenvalue weighted by molar-refractivity contribution is -0.226. The Morgan fingerprint density at radius 1 is 0.797 bits per heavy atom. The number of carbonyl (C=O) groups is 4. The van der Waals surface area contributed by atoms with Gasteiger partial charge >= 0.3 is 5.97 Å². The molecule has 0 spiro atoms. The number of anilines is 2. The summed E-state index contributed by atoms with van der Waals surface area (Å²) in [5.41, 5.74) is 1.57. The average molecular weight is 813 g/mol. The third kappa shape index (κ3) is 14.4. The van der Waals surface area contributed by atoms with E-state index < -0.39 is 24.2 Å². The van der Waals surface area contributed by atoms with E-state index in [9.17, 15) is 19.2 Å². The molecule has 3 aromatic carbocycles. The molecule has 0 bridgehead atoms. The van der Waals surface area contributed by atoms with Crippen LogP contribution in [0.4, 0.5) is 11.4 Å². The number of ketones is 1. The molecule has 2 heterocycles. The first-order valence-corrected chi connectivity index (χ1v) is 20.8. The van der Waals surface area contributed by atoms with Crippen molar-refractivity contribution in [2.24, 2.45) is 5.92 Å². The highest BCUT2D eigenvalue weighted by molar-refractivity contribution is 6.04. The fraction of sp³-hybridized carbons (Fsp3) is 0.478. The van der Waals surface area contributed by atoms with Crippen LogP contribution in [0.1, 0.15) is 87.9 Å². The summed E-state index contributed by atoms with van der Waals surface area (Å²) in [5, 5.41) is 5.47. The van der Waals surface area contributed by atoms with Crippen molar-refractivity contribution in [1.82, 2.24) is 0 Å². The second-order valence-electron chi connectivity index (χ2n) is 15.0. The van der Waals surface area contributed by atoms with Crippen LogP contribution >= 0.6 is 0 Å². The van der Waals surface area contributed by atoms with Crippen LogP contribution in [0.2, 0.25) is 0 Å². The largest absolute Gasteiger partial charge is 0.491 e. The molecule has 1 aliphatic carbocycles. The van der Waals surface area contributed by atoms with Crippen molar-refractivity contribution >= 4 is 34.9 Å². The van der Waals surface area contributed by atoms with Crippen LogP contribution in [0.25, 0.3) is 0 Å². The number of para-hydroxylation sites is 1. The molecule has 6 atom stereocenters. The van der Waals surface area contributed by atoms with Crippen molar-refractivity contribution in [2.75, 3.05) is 37.1 Å². The van der Waals surface area contributed by atoms with Gasteiger partial charge in [0.15, 0.2) is 12.6 Å². The van der Waals surface area contributed by atoms with Gasteiger partial charge in [-0.05, 0) is 118 Å². The minimum absolute atomic E-state index is 0.0839. The van der Waals surface area contributed by atoms with E-state index in [2.05, 4.69) is 10.6 Å². The molecule has 3 aromatic rings. The van der Waals surface area contributed by atoms with E-state index in [1.54, 1.807) is 48.5 Å². The summed E-state index contributed by atoms with van der Waals surface area (Å²) in [5.74, 6) is -0.0953. The molecule has 6 rings (SSSR count). The number of allylic oxidation sites excluding steroid dienone is 2. The van der Waals surface area contributed by atoms with Crippen molar-refractivity contribution < 1.29 is 52.3 Å². The first kappa shape index (κ1) is 43.7. The molecule has 2 aliphatic heterocycles. The van der Waals surface area contributed by atoms with Gasteiger partial charge in [-0.2, -0.15) is 0 Å². The topological polar surface area (TPSA) is 157 Å². The summed E-state index contributed by atoms with van der Waals surface area (Å²) in [6.45, 7) is 3.17. The Labute approximate surface area is 346 Å². The number of benzene rings is 3. The highest BCUT2D eigenvalue weighted by Gasteiger charge is 2.45. The maximum Gasteiger partial charge on any atom is 0.311 e. The molecule has 3 fully saturated rings. The molecule has 2 amide bonds. The van der Waals surface area contributed by atoms with Crippen molar-refractivity contribution in [3.8, 4) is 11.5 Å². The summed E-state index contributed by atoms with van der Waals surface area (Å²) in [6.07, 6.45) is 9.64. The molecule has 13 nitrogen and oxygen atoms in total. The normalized spacial score (nSPS) is 22.5. The lowest BCUT2D eigenvalue weighted by atomic mass is 9.99. The van der Waals surface area contributed by atoms with Crippen LogP contribution in [0, 0.1) is 5.92 Å². The van der Waals surface area contributed by atoms with Crippen LogP contribution in [-0.2, 0) is 38.1 Å². The van der Waals surface area contributed by atoms with Gasteiger partial charge in [-0.25, -0.2) is 0 Å². The molecule has 2 N–H and O–H groups in total. The molecule has 3 aliphatic rings. The fourth-order valence-corrected chi connectivity index (χ4v) is 7.25. The number of nitrogens with one attached hydrogen (secondary N) is 2. The maximum absolute atomic E-state index is 13.5. The van der Waals surface area contributed by atoms with Crippen molar-refractivity contribution in [3.05, 3.63) is 96.6 Å². The van der Waals surface area contributed by atoms with E-state index in [0.717, 1.165) is 44.3 Å². The molecule has 2 saturated heterocycles. The zero-order valence-electron chi connectivity index (χ0n) is 33.7. The van der Waals surface area contributed by atoms with Gasteiger partial charge in [0.1, 0.15) is 30.0 Å². The van der Waals surface area contributed by atoms with E-state index >= 15 is 0 Å². The molecule has 316 valence electrons. The first-order chi connectivity index (χ1) is 28.8. The zero-order chi connectivity index (χ0) is 41.2. The van der Waals surface area contributed by atoms with Gasteiger partial charge in [0.05, 0.1) is 24.7 Å². The van der Waals surface area contributed by atoms with Crippen LogP contribution in [0.3, 0.4) is 0 Å². The highest BCUT2D eigenvalue weighted by atomic mass is 16.7. The summed E-state index contributed by atoms with van der Waals surface area (Å²) in [4.78, 5) is 49.9. The highest BCUT2D eigenvalue weighted by Crippen LogP contribution is 2.34. The van der Waals surface area contributed by atoms with Gasteiger partial charge < -0.3 is 43.8 Å². The van der Waals surface area contributed by atoms with E-state index in [-0.39, 0.29) is 62.2 Å². The third-order valence-corrected chi connectivity index (χ3v) is 10.3. The number of unbranched alkanes of at least 4 members (excludes halogenated alkanes) is 1. The SMILES string of the molecule is CC(=O)Nc1ccc(C(=O)Nc2ccc(OC(=O)CCC/C=C\C[C@H]3C(=O)C[C@@H](OC4CCCCO4)[C@@H]3OCC(COc3ccccc3)OC3CCCCO3)cc2)cc1. The first-order valence-electron chi connectivity index (χ1n) is 20.8. The predicted octanol–water partition coefficient (Wildman–Crippen LogP) is 7.80. The molecule has 59 heavy (non-hydrogen) atoms. The molecule has 0 radical (unpaired) electrons. The van der Waals surface area contributed by atoms with Gasteiger partial charge in [0, 0.05) is 49.9 Å². The number of esters is 1. The molecule has 13 heteroatoms. The average Bonchev–Trinajstić information content (AvgIpc) is 3.54. The van der Waals surface area contributed by atoms with E-state index in [1.807, 2.05) is 42.5 Å². The van der Waals surface area contributed by atoms with Gasteiger partial charge in [0.25, 0.3) is 5.91 Å². The number of hydrogen-bond donors (Lipinski definition) is 2. The number of amides is 2. The Morgan fingerprint density at radius 2 is 1.49 bits per heavy atom. The van der Waals surface area contributed by atoms with E-state index in [0.29, 0.717) is 55.2 Å². The fourth-order valence-electron chi connectivity index (χ4n) is 7.25. The maximum atomic E-state index is 13.5. The molecular weight excluding hydrogens is 757 g/mol. The van der Waals surface area contributed by atoms with Crippen molar-refractivity contribution in [1.29, 1.82) is 0 Å². The molecule has 0 aromatic heterocycles. The van der Waals surface area contributed by atoms with E-state index in [1.165, 1.54) is 6.92 Å². The van der Waals surface area contributed by atoms with Crippen LogP contribution < -0.4 is 20.1 Å². The summed E-state index contributed by atoms with van der Waals surface area (Å²) >= 11 is 0. The van der Waals surface area contributed by atoms with Crippen molar-refractivity contribution in [2.45, 2.75) is 108 Å². The second kappa shape index (κ2) is 23.0. The number of rotatable bonds is 20. The summed E-state index contributed by atoms with van der Waals surface area (Å²) in [6, 6.07) is 22.7. The van der Waals surface area contributed by atoms with Gasteiger partial charge in [-0.15, -0.1) is 0 Å². The molecule has 1 saturated carbocycles. The molecular formula is C46H56N2O11. The Balaban J connectivity index is 0.967. The Kier molecular flexibility index (Phi) is 17.0. The summed E-state index contributed by atoms with van der Waals surface area (Å²) in [7, 11) is 0. The minimum atomic E-state index is -0.495. The second-order valence-corrected chi connectivity index (χ2v) is 15.0. The quantitative estimate of drug-likeness (QED) is 0.0497. The van der Waals surface area contributed by atoms with E-state index in [4.69, 9.17) is 33.2 Å². The number of carbonyl (C=O) groups excluding carboxylic acids is 4. The van der Waals surface area contributed by atoms with Gasteiger partial charge in [0.2, 0.25) is 5.91 Å². The summed E-state index contributed by atoms with van der Waals surface area (Å²) < 4.78 is 42.6. The van der Waals surface area contributed by atoms with Crippen LogP contribution in [0.5, 0.6) is 11.5 Å². The van der Waals surface area contributed by atoms with Crippen LogP contribution in [0.15, 0.2) is 91.0 Å². The lowest BCUT2D eigenvalue weighted by Gasteiger charge is -2.32. The number of Topliss-reactive ketones (excluding diaryl/α,β-unsaturated/α-hetero) is 1. The van der Waals surface area contributed by atoms with Gasteiger partial charge in [-0.1, -0.05) is 30.4 Å². The van der Waals surface area contributed by atoms with Crippen molar-refractivity contribution in [3.63, 3.8) is 0 Å².